The van der Waals surface area contributed by atoms with Gasteiger partial charge in [0.25, 0.3) is 0 Å². The Bertz CT molecular complexity index is 1200. The number of nitrogens with one attached hydrogen (secondary N) is 1. The van der Waals surface area contributed by atoms with E-state index in [0.29, 0.717) is 39.6 Å². The van der Waals surface area contributed by atoms with Crippen LogP contribution in [0.4, 0.5) is 5.69 Å². The van der Waals surface area contributed by atoms with Crippen molar-refractivity contribution in [1.29, 1.82) is 0 Å². The molecule has 1 amide bonds. The van der Waals surface area contributed by atoms with Gasteiger partial charge in [-0.25, -0.2) is 0 Å². The second kappa shape index (κ2) is 8.08. The van der Waals surface area contributed by atoms with Gasteiger partial charge in [0.2, 0.25) is 5.91 Å². The summed E-state index contributed by atoms with van der Waals surface area (Å²) >= 11 is 1.26. The van der Waals surface area contributed by atoms with Crippen molar-refractivity contribution in [3.8, 4) is 0 Å². The average Bonchev–Trinajstić information content (AvgIpc) is 3.10. The molecule has 8 heteroatoms. The van der Waals surface area contributed by atoms with Crippen molar-refractivity contribution < 1.29 is 14.4 Å². The van der Waals surface area contributed by atoms with Gasteiger partial charge >= 0.3 is 0 Å². The molecular formula is C22H18N4O3S. The van der Waals surface area contributed by atoms with E-state index in [9.17, 15) is 14.4 Å². The van der Waals surface area contributed by atoms with E-state index in [1.165, 1.54) is 11.8 Å². The predicted molar refractivity (Wildman–Crippen MR) is 114 cm³/mol. The van der Waals surface area contributed by atoms with Crippen molar-refractivity contribution in [3.63, 3.8) is 0 Å². The lowest BCUT2D eigenvalue weighted by molar-refractivity contribution is -0.113. The Hall–Kier alpha value is -3.52. The molecule has 0 fully saturated rings. The smallest absolute Gasteiger partial charge is 0.234 e. The van der Waals surface area contributed by atoms with Crippen molar-refractivity contribution >= 4 is 34.9 Å². The molecule has 1 aliphatic carbocycles. The summed E-state index contributed by atoms with van der Waals surface area (Å²) in [5.41, 5.74) is 1.89. The van der Waals surface area contributed by atoms with Gasteiger partial charge in [-0.15, -0.1) is 16.8 Å². The number of benzene rings is 2. The topological polar surface area (TPSA) is 93.9 Å². The third-order valence-corrected chi connectivity index (χ3v) is 5.72. The van der Waals surface area contributed by atoms with Gasteiger partial charge in [-0.2, -0.15) is 0 Å². The van der Waals surface area contributed by atoms with Crippen LogP contribution >= 0.6 is 11.8 Å². The Morgan fingerprint density at radius 1 is 1.07 bits per heavy atom. The number of hydrogen-bond donors (Lipinski definition) is 1. The lowest BCUT2D eigenvalue weighted by Gasteiger charge is -2.18. The first-order valence-corrected chi connectivity index (χ1v) is 10.2. The molecule has 1 aliphatic rings. The Morgan fingerprint density at radius 3 is 2.43 bits per heavy atom. The maximum atomic E-state index is 12.8. The molecule has 3 aromatic rings. The molecule has 0 radical (unpaired) electrons. The highest BCUT2D eigenvalue weighted by molar-refractivity contribution is 7.99. The van der Waals surface area contributed by atoms with Gasteiger partial charge in [0.15, 0.2) is 16.7 Å². The largest absolute Gasteiger partial charge is 0.325 e. The third kappa shape index (κ3) is 3.57. The normalized spacial score (nSPS) is 12.3. The summed E-state index contributed by atoms with van der Waals surface area (Å²) in [5.74, 6) is 0.211. The van der Waals surface area contributed by atoms with Crippen LogP contribution in [0.25, 0.3) is 0 Å². The molecule has 1 aromatic heterocycles. The minimum Gasteiger partial charge on any atom is -0.325 e. The number of amides is 1. The number of rotatable bonds is 6. The third-order valence-electron chi connectivity index (χ3n) is 4.75. The van der Waals surface area contributed by atoms with E-state index in [1.807, 2.05) is 11.5 Å². The van der Waals surface area contributed by atoms with E-state index >= 15 is 0 Å². The SMILES string of the molecule is C=CCn1c(C)nnc1SCC(=O)Nc1ccc2c(c1)C(=O)c1ccccc1C2=O. The van der Waals surface area contributed by atoms with Gasteiger partial charge in [0.05, 0.1) is 5.75 Å². The summed E-state index contributed by atoms with van der Waals surface area (Å²) in [6.07, 6.45) is 1.74. The van der Waals surface area contributed by atoms with Crippen LogP contribution in [-0.4, -0.2) is 38.0 Å². The molecule has 2 aromatic carbocycles. The first-order valence-electron chi connectivity index (χ1n) is 9.25. The van der Waals surface area contributed by atoms with Crippen LogP contribution in [0.3, 0.4) is 0 Å². The maximum absolute atomic E-state index is 12.8. The number of fused-ring (bicyclic) bond motifs is 2. The van der Waals surface area contributed by atoms with Crippen LogP contribution in [-0.2, 0) is 11.3 Å². The van der Waals surface area contributed by atoms with Crippen molar-refractivity contribution in [3.05, 3.63) is 83.2 Å². The van der Waals surface area contributed by atoms with E-state index < -0.39 is 0 Å². The van der Waals surface area contributed by atoms with Gasteiger partial charge in [-0.3, -0.25) is 14.4 Å². The van der Waals surface area contributed by atoms with Crippen molar-refractivity contribution in [1.82, 2.24) is 14.8 Å². The predicted octanol–water partition coefficient (Wildman–Crippen LogP) is 3.28. The molecule has 7 nitrogen and oxygen atoms in total. The molecule has 1 heterocycles. The summed E-state index contributed by atoms with van der Waals surface area (Å²) < 4.78 is 1.87. The minimum atomic E-state index is -0.249. The molecule has 1 N–H and O–H groups in total. The molecule has 0 saturated carbocycles. The van der Waals surface area contributed by atoms with Crippen LogP contribution in [0.2, 0.25) is 0 Å². The first-order chi connectivity index (χ1) is 14.5. The van der Waals surface area contributed by atoms with E-state index in [1.54, 1.807) is 48.5 Å². The molecule has 30 heavy (non-hydrogen) atoms. The summed E-state index contributed by atoms with van der Waals surface area (Å²) in [5, 5.41) is 11.5. The van der Waals surface area contributed by atoms with Gasteiger partial charge in [0, 0.05) is 34.5 Å². The van der Waals surface area contributed by atoms with Crippen LogP contribution < -0.4 is 5.32 Å². The molecule has 0 unspecified atom stereocenters. The molecule has 4 rings (SSSR count). The fourth-order valence-electron chi connectivity index (χ4n) is 3.31. The number of nitrogens with zero attached hydrogens (tertiary/aromatic N) is 3. The van der Waals surface area contributed by atoms with Crippen molar-refractivity contribution in [2.75, 3.05) is 11.1 Å². The van der Waals surface area contributed by atoms with Gasteiger partial charge in [0.1, 0.15) is 5.82 Å². The summed E-state index contributed by atoms with van der Waals surface area (Å²) in [6, 6.07) is 11.5. The van der Waals surface area contributed by atoms with E-state index in [4.69, 9.17) is 0 Å². The molecule has 0 bridgehead atoms. The zero-order valence-corrected chi connectivity index (χ0v) is 17.0. The second-order valence-electron chi connectivity index (χ2n) is 6.73. The highest BCUT2D eigenvalue weighted by Gasteiger charge is 2.29. The van der Waals surface area contributed by atoms with Crippen LogP contribution in [0, 0.1) is 6.92 Å². The van der Waals surface area contributed by atoms with Gasteiger partial charge < -0.3 is 9.88 Å². The number of hydrogen-bond acceptors (Lipinski definition) is 6. The van der Waals surface area contributed by atoms with E-state index in [-0.39, 0.29) is 23.2 Å². The molecular weight excluding hydrogens is 400 g/mol. The van der Waals surface area contributed by atoms with Crippen LogP contribution in [0.1, 0.15) is 37.7 Å². The highest BCUT2D eigenvalue weighted by Crippen LogP contribution is 2.29. The van der Waals surface area contributed by atoms with Crippen molar-refractivity contribution in [2.24, 2.45) is 0 Å². The Balaban J connectivity index is 1.49. The number of allylic oxidation sites excluding steroid dienone is 1. The summed E-state index contributed by atoms with van der Waals surface area (Å²) in [6.45, 7) is 6.11. The highest BCUT2D eigenvalue weighted by atomic mass is 32.2. The minimum absolute atomic E-state index is 0.127. The lowest BCUT2D eigenvalue weighted by Crippen LogP contribution is -2.21. The van der Waals surface area contributed by atoms with E-state index in [0.717, 1.165) is 5.82 Å². The molecule has 0 aliphatic heterocycles. The maximum Gasteiger partial charge on any atom is 0.234 e. The molecule has 0 atom stereocenters. The Kier molecular flexibility index (Phi) is 5.33. The number of aryl methyl sites for hydroxylation is 1. The first kappa shape index (κ1) is 19.8. The van der Waals surface area contributed by atoms with Crippen LogP contribution in [0.15, 0.2) is 60.3 Å². The number of anilines is 1. The van der Waals surface area contributed by atoms with E-state index in [2.05, 4.69) is 22.1 Å². The number of thioether (sulfide) groups is 1. The molecule has 0 spiro atoms. The monoisotopic (exact) mass is 418 g/mol. The number of carbonyl (C=O) groups is 3. The quantitative estimate of drug-likeness (QED) is 0.381. The Labute approximate surface area is 177 Å². The number of ketones is 2. The zero-order chi connectivity index (χ0) is 21.3. The molecule has 150 valence electrons. The average molecular weight is 418 g/mol. The van der Waals surface area contributed by atoms with Crippen molar-refractivity contribution in [2.45, 2.75) is 18.6 Å². The number of aromatic nitrogens is 3. The summed E-state index contributed by atoms with van der Waals surface area (Å²) in [4.78, 5) is 37.9. The number of carbonyl (C=O) groups excluding carboxylic acids is 3. The molecule has 0 saturated heterocycles. The zero-order valence-electron chi connectivity index (χ0n) is 16.2. The lowest BCUT2D eigenvalue weighted by atomic mass is 9.84. The fraction of sp³-hybridized carbons (Fsp3) is 0.136. The van der Waals surface area contributed by atoms with Crippen LogP contribution in [0.5, 0.6) is 0 Å². The van der Waals surface area contributed by atoms with Gasteiger partial charge in [-0.05, 0) is 25.1 Å². The fourth-order valence-corrected chi connectivity index (χ4v) is 4.11. The summed E-state index contributed by atoms with van der Waals surface area (Å²) in [7, 11) is 0. The Morgan fingerprint density at radius 2 is 1.73 bits per heavy atom. The standard InChI is InChI=1S/C22H18N4O3S/c1-3-10-26-13(2)24-25-22(26)30-12-19(27)23-14-8-9-17-18(11-14)21(29)16-7-5-4-6-15(16)20(17)28/h3-9,11H,1,10,12H2,2H3,(H,23,27). The second-order valence-corrected chi connectivity index (χ2v) is 7.67. The van der Waals surface area contributed by atoms with Gasteiger partial charge in [-0.1, -0.05) is 42.1 Å².